The Morgan fingerprint density at radius 1 is 1.00 bits per heavy atom. The monoisotopic (exact) mass is 474 g/mol. The Labute approximate surface area is 193 Å². The number of nitrogens with one attached hydrogen (secondary N) is 2. The molecule has 0 unspecified atom stereocenters. The van der Waals surface area contributed by atoms with Gasteiger partial charge in [0.25, 0.3) is 0 Å². The summed E-state index contributed by atoms with van der Waals surface area (Å²) in [6.45, 7) is 1.30. The van der Waals surface area contributed by atoms with Crippen molar-refractivity contribution in [3.8, 4) is 5.69 Å². The summed E-state index contributed by atoms with van der Waals surface area (Å²) in [6.07, 6.45) is 0. The van der Waals surface area contributed by atoms with Crippen LogP contribution in [0.4, 0.5) is 0 Å². The van der Waals surface area contributed by atoms with Gasteiger partial charge in [0.05, 0.1) is 30.3 Å². The van der Waals surface area contributed by atoms with E-state index in [1.54, 1.807) is 54.0 Å². The van der Waals surface area contributed by atoms with Gasteiger partial charge in [-0.25, -0.2) is 0 Å². The number of nitrogens with zero attached hydrogens (tertiary/aromatic N) is 3. The molecule has 4 N–H and O–H groups in total. The quantitative estimate of drug-likeness (QED) is 0.426. The third-order valence-electron chi connectivity index (χ3n) is 4.53. The summed E-state index contributed by atoms with van der Waals surface area (Å²) in [5.41, 5.74) is 6.32. The first-order chi connectivity index (χ1) is 15.3. The number of benzene rings is 2. The second-order valence-corrected chi connectivity index (χ2v) is 7.57. The Morgan fingerprint density at radius 3 is 2.47 bits per heavy atom. The summed E-state index contributed by atoms with van der Waals surface area (Å²) < 4.78 is 1.65. The maximum Gasteiger partial charge on any atom is 0.239 e. The van der Waals surface area contributed by atoms with Gasteiger partial charge in [0, 0.05) is 16.1 Å². The number of carbonyl (C=O) groups is 3. The molecule has 0 spiro atoms. The number of ketones is 1. The lowest BCUT2D eigenvalue weighted by Crippen LogP contribution is -2.39. The van der Waals surface area contributed by atoms with Crippen LogP contribution in [0.15, 0.2) is 42.5 Å². The van der Waals surface area contributed by atoms with Crippen molar-refractivity contribution in [1.82, 2.24) is 25.4 Å². The van der Waals surface area contributed by atoms with E-state index >= 15 is 0 Å². The SMILES string of the molecule is Cc1nnc(CNC(=O)CNC(=O)CN)n1-c1ccc(Cl)cc1C(=O)c1ccccc1Cl. The van der Waals surface area contributed by atoms with Crippen LogP contribution in [0.2, 0.25) is 10.0 Å². The molecule has 3 aromatic rings. The average Bonchev–Trinajstić information content (AvgIpc) is 3.15. The molecule has 2 aromatic carbocycles. The largest absolute Gasteiger partial charge is 0.347 e. The predicted molar refractivity (Wildman–Crippen MR) is 120 cm³/mol. The molecule has 11 heteroatoms. The minimum atomic E-state index is -0.442. The van der Waals surface area contributed by atoms with E-state index in [0.717, 1.165) is 0 Å². The molecular weight excluding hydrogens is 455 g/mol. The van der Waals surface area contributed by atoms with E-state index in [-0.39, 0.29) is 25.4 Å². The van der Waals surface area contributed by atoms with Crippen LogP contribution in [-0.4, -0.2) is 45.5 Å². The second kappa shape index (κ2) is 10.4. The minimum Gasteiger partial charge on any atom is -0.347 e. The Bertz CT molecular complexity index is 1180. The molecule has 3 rings (SSSR count). The van der Waals surface area contributed by atoms with Crippen molar-refractivity contribution in [1.29, 1.82) is 0 Å². The number of aromatic nitrogens is 3. The van der Waals surface area contributed by atoms with E-state index in [4.69, 9.17) is 28.9 Å². The first-order valence-corrected chi connectivity index (χ1v) is 10.3. The van der Waals surface area contributed by atoms with E-state index in [0.29, 0.717) is 38.5 Å². The Morgan fingerprint density at radius 2 is 1.75 bits per heavy atom. The van der Waals surface area contributed by atoms with Crippen LogP contribution in [-0.2, 0) is 16.1 Å². The lowest BCUT2D eigenvalue weighted by Gasteiger charge is -2.15. The van der Waals surface area contributed by atoms with Crippen LogP contribution < -0.4 is 16.4 Å². The van der Waals surface area contributed by atoms with Gasteiger partial charge < -0.3 is 16.4 Å². The predicted octanol–water partition coefficient (Wildman–Crippen LogP) is 1.80. The van der Waals surface area contributed by atoms with Crippen LogP contribution in [0.25, 0.3) is 5.69 Å². The Balaban J connectivity index is 1.92. The molecule has 1 aromatic heterocycles. The van der Waals surface area contributed by atoms with Gasteiger partial charge in [0.15, 0.2) is 11.6 Å². The van der Waals surface area contributed by atoms with E-state index < -0.39 is 11.8 Å². The van der Waals surface area contributed by atoms with Gasteiger partial charge in [-0.15, -0.1) is 10.2 Å². The average molecular weight is 475 g/mol. The molecule has 0 saturated carbocycles. The fraction of sp³-hybridized carbons (Fsp3) is 0.190. The fourth-order valence-electron chi connectivity index (χ4n) is 3.00. The van der Waals surface area contributed by atoms with Gasteiger partial charge in [-0.1, -0.05) is 35.3 Å². The van der Waals surface area contributed by atoms with Crippen molar-refractivity contribution in [3.63, 3.8) is 0 Å². The Kier molecular flexibility index (Phi) is 7.57. The van der Waals surface area contributed by atoms with E-state index in [2.05, 4.69) is 20.8 Å². The van der Waals surface area contributed by atoms with Crippen LogP contribution in [0.1, 0.15) is 27.6 Å². The summed E-state index contributed by atoms with van der Waals surface area (Å²) in [6, 6.07) is 11.6. The third kappa shape index (κ3) is 5.31. The maximum atomic E-state index is 13.3. The molecule has 0 fully saturated rings. The number of hydrogen-bond donors (Lipinski definition) is 3. The van der Waals surface area contributed by atoms with Crippen LogP contribution >= 0.6 is 23.2 Å². The van der Waals surface area contributed by atoms with Gasteiger partial charge in [0.2, 0.25) is 11.8 Å². The van der Waals surface area contributed by atoms with Gasteiger partial charge in [-0.2, -0.15) is 0 Å². The highest BCUT2D eigenvalue weighted by atomic mass is 35.5. The fourth-order valence-corrected chi connectivity index (χ4v) is 3.39. The van der Waals surface area contributed by atoms with E-state index in [1.165, 1.54) is 0 Å². The summed E-state index contributed by atoms with van der Waals surface area (Å²) >= 11 is 12.4. The number of halogens is 2. The first-order valence-electron chi connectivity index (χ1n) is 9.55. The number of carbonyl (C=O) groups excluding carboxylic acids is 3. The summed E-state index contributed by atoms with van der Waals surface area (Å²) in [5.74, 6) is -0.302. The Hall–Kier alpha value is -3.27. The second-order valence-electron chi connectivity index (χ2n) is 6.73. The van der Waals surface area contributed by atoms with Gasteiger partial charge in [-0.3, -0.25) is 19.0 Å². The third-order valence-corrected chi connectivity index (χ3v) is 5.09. The van der Waals surface area contributed by atoms with Gasteiger partial charge >= 0.3 is 0 Å². The van der Waals surface area contributed by atoms with Gasteiger partial charge in [-0.05, 0) is 37.3 Å². The number of aryl methyl sites for hydroxylation is 1. The zero-order valence-electron chi connectivity index (χ0n) is 17.1. The van der Waals surface area contributed by atoms with Crippen molar-refractivity contribution in [2.24, 2.45) is 5.73 Å². The zero-order valence-corrected chi connectivity index (χ0v) is 18.6. The van der Waals surface area contributed by atoms with E-state index in [1.807, 2.05) is 0 Å². The smallest absolute Gasteiger partial charge is 0.239 e. The zero-order chi connectivity index (χ0) is 23.3. The van der Waals surface area contributed by atoms with Crippen LogP contribution in [0, 0.1) is 6.92 Å². The summed E-state index contributed by atoms with van der Waals surface area (Å²) in [7, 11) is 0. The molecule has 0 aliphatic heterocycles. The summed E-state index contributed by atoms with van der Waals surface area (Å²) in [4.78, 5) is 36.5. The highest BCUT2D eigenvalue weighted by Crippen LogP contribution is 2.27. The van der Waals surface area contributed by atoms with Crippen molar-refractivity contribution < 1.29 is 14.4 Å². The maximum absolute atomic E-state index is 13.3. The first kappa shape index (κ1) is 23.4. The molecule has 166 valence electrons. The molecule has 0 atom stereocenters. The molecular formula is C21H20Cl2N6O3. The normalized spacial score (nSPS) is 10.6. The molecule has 9 nitrogen and oxygen atoms in total. The molecule has 0 aliphatic carbocycles. The van der Waals surface area contributed by atoms with E-state index in [9.17, 15) is 14.4 Å². The molecule has 2 amide bonds. The number of amides is 2. The molecule has 1 heterocycles. The lowest BCUT2D eigenvalue weighted by atomic mass is 10.0. The summed E-state index contributed by atoms with van der Waals surface area (Å²) in [5, 5.41) is 13.9. The standard InChI is InChI=1S/C21H20Cl2N6O3/c1-12-27-28-18(10-25-20(31)11-26-19(30)9-24)29(12)17-7-6-13(22)8-15(17)21(32)14-4-2-3-5-16(14)23/h2-8H,9-11,24H2,1H3,(H,25,31)(H,26,30). The highest BCUT2D eigenvalue weighted by Gasteiger charge is 2.21. The molecule has 32 heavy (non-hydrogen) atoms. The molecule has 0 radical (unpaired) electrons. The highest BCUT2D eigenvalue weighted by molar-refractivity contribution is 6.35. The van der Waals surface area contributed by atoms with Crippen molar-refractivity contribution >= 4 is 40.8 Å². The topological polar surface area (TPSA) is 132 Å². The van der Waals surface area contributed by atoms with Crippen molar-refractivity contribution in [3.05, 3.63) is 75.3 Å². The van der Waals surface area contributed by atoms with Crippen molar-refractivity contribution in [2.45, 2.75) is 13.5 Å². The van der Waals surface area contributed by atoms with Crippen LogP contribution in [0.5, 0.6) is 0 Å². The number of hydrogen-bond acceptors (Lipinski definition) is 6. The minimum absolute atomic E-state index is 0.0144. The molecule has 0 bridgehead atoms. The van der Waals surface area contributed by atoms with Crippen LogP contribution in [0.3, 0.4) is 0 Å². The molecule has 0 saturated heterocycles. The molecule has 0 aliphatic rings. The van der Waals surface area contributed by atoms with Gasteiger partial charge in [0.1, 0.15) is 5.82 Å². The number of rotatable bonds is 8. The lowest BCUT2D eigenvalue weighted by molar-refractivity contribution is -0.125. The van der Waals surface area contributed by atoms with Crippen molar-refractivity contribution in [2.75, 3.05) is 13.1 Å². The number of nitrogens with two attached hydrogens (primary N) is 1.